The first-order valence-corrected chi connectivity index (χ1v) is 4.47. The van der Waals surface area contributed by atoms with Crippen molar-refractivity contribution in [2.45, 2.75) is 25.6 Å². The van der Waals surface area contributed by atoms with Crippen molar-refractivity contribution in [2.75, 3.05) is 20.1 Å². The number of hydrogen-bond donors (Lipinski definition) is 1. The fourth-order valence-corrected chi connectivity index (χ4v) is 1.31. The zero-order valence-electron chi connectivity index (χ0n) is 8.23. The van der Waals surface area contributed by atoms with Crippen LogP contribution >= 0.6 is 0 Å². The van der Waals surface area contributed by atoms with Crippen molar-refractivity contribution in [3.05, 3.63) is 0 Å². The van der Waals surface area contributed by atoms with Gasteiger partial charge in [0.25, 0.3) is 0 Å². The van der Waals surface area contributed by atoms with Crippen LogP contribution in [0.3, 0.4) is 0 Å². The largest absolute Gasteiger partial charge is 0.391 e. The summed E-state index contributed by atoms with van der Waals surface area (Å²) in [6.45, 7) is 2.92. The molecule has 0 saturated heterocycles. The molecule has 3 nitrogen and oxygen atoms in total. The number of aliphatic imine (C=N–C) groups is 1. The highest BCUT2D eigenvalue weighted by molar-refractivity contribution is 5.81. The zero-order valence-corrected chi connectivity index (χ0v) is 8.23. The van der Waals surface area contributed by atoms with Gasteiger partial charge in [-0.2, -0.15) is 13.2 Å². The van der Waals surface area contributed by atoms with Gasteiger partial charge in [0.1, 0.15) is 0 Å². The third kappa shape index (κ3) is 3.43. The van der Waals surface area contributed by atoms with Crippen LogP contribution in [0.25, 0.3) is 0 Å². The van der Waals surface area contributed by atoms with E-state index in [9.17, 15) is 13.2 Å². The predicted molar refractivity (Wildman–Crippen MR) is 48.2 cm³/mol. The fraction of sp³-hybridized carbons (Fsp3) is 0.875. The first-order valence-electron chi connectivity index (χ1n) is 4.47. The number of rotatable bonds is 2. The second-order valence-electron chi connectivity index (χ2n) is 3.49. The summed E-state index contributed by atoms with van der Waals surface area (Å²) in [5, 5.41) is 2.74. The molecule has 0 aromatic carbocycles. The van der Waals surface area contributed by atoms with Crippen LogP contribution in [0.5, 0.6) is 0 Å². The quantitative estimate of drug-likeness (QED) is 0.740. The summed E-state index contributed by atoms with van der Waals surface area (Å²) in [7, 11) is 1.80. The summed E-state index contributed by atoms with van der Waals surface area (Å²) in [6.07, 6.45) is -4.95. The van der Waals surface area contributed by atoms with Gasteiger partial charge in [-0.05, 0) is 6.92 Å². The smallest absolute Gasteiger partial charge is 0.353 e. The van der Waals surface area contributed by atoms with Crippen molar-refractivity contribution in [2.24, 2.45) is 4.99 Å². The Morgan fingerprint density at radius 2 is 2.21 bits per heavy atom. The Bertz CT molecular complexity index is 224. The molecule has 0 saturated carbocycles. The lowest BCUT2D eigenvalue weighted by Crippen LogP contribution is -2.42. The summed E-state index contributed by atoms with van der Waals surface area (Å²) in [5.74, 6) is 0.557. The van der Waals surface area contributed by atoms with Gasteiger partial charge >= 0.3 is 6.18 Å². The highest BCUT2D eigenvalue weighted by Crippen LogP contribution is 2.21. The average molecular weight is 209 g/mol. The Balaban J connectivity index is 2.37. The van der Waals surface area contributed by atoms with Gasteiger partial charge in [-0.3, -0.25) is 4.99 Å². The zero-order chi connectivity index (χ0) is 10.8. The molecule has 0 bridgehead atoms. The van der Waals surface area contributed by atoms with Gasteiger partial charge in [0.2, 0.25) is 0 Å². The molecule has 0 radical (unpaired) electrons. The van der Waals surface area contributed by atoms with Gasteiger partial charge in [-0.15, -0.1) is 0 Å². The maximum absolute atomic E-state index is 12.0. The van der Waals surface area contributed by atoms with E-state index in [1.807, 2.05) is 4.90 Å². The van der Waals surface area contributed by atoms with Crippen LogP contribution in [0.4, 0.5) is 13.2 Å². The van der Waals surface area contributed by atoms with Crippen molar-refractivity contribution < 1.29 is 13.2 Å². The van der Waals surface area contributed by atoms with E-state index < -0.39 is 18.6 Å². The molecular weight excluding hydrogens is 195 g/mol. The Labute approximate surface area is 81.0 Å². The van der Waals surface area contributed by atoms with Crippen molar-refractivity contribution in [3.8, 4) is 0 Å². The van der Waals surface area contributed by atoms with Crippen LogP contribution in [0.15, 0.2) is 4.99 Å². The molecule has 14 heavy (non-hydrogen) atoms. The molecule has 6 heteroatoms. The molecule has 1 heterocycles. The van der Waals surface area contributed by atoms with E-state index in [2.05, 4.69) is 10.3 Å². The molecule has 0 aliphatic carbocycles. The topological polar surface area (TPSA) is 27.6 Å². The van der Waals surface area contributed by atoms with Crippen LogP contribution in [0.1, 0.15) is 13.3 Å². The van der Waals surface area contributed by atoms with Crippen LogP contribution in [-0.4, -0.2) is 43.2 Å². The first kappa shape index (κ1) is 11.1. The second-order valence-corrected chi connectivity index (χ2v) is 3.49. The number of halogens is 3. The van der Waals surface area contributed by atoms with E-state index in [1.54, 1.807) is 7.05 Å². The standard InChI is InChI=1S/C8H14F3N3/c1-6(5-8(9,10)11)13-7-12-3-4-14(7)2/h6H,3-5H2,1-2H3,(H,12,13). The fourth-order valence-electron chi connectivity index (χ4n) is 1.31. The van der Waals surface area contributed by atoms with Crippen molar-refractivity contribution in [3.63, 3.8) is 0 Å². The third-order valence-electron chi connectivity index (χ3n) is 1.97. The number of nitrogens with one attached hydrogen (secondary N) is 1. The minimum Gasteiger partial charge on any atom is -0.353 e. The van der Waals surface area contributed by atoms with Gasteiger partial charge in [0.05, 0.1) is 13.0 Å². The third-order valence-corrected chi connectivity index (χ3v) is 1.97. The molecule has 0 aromatic rings. The van der Waals surface area contributed by atoms with Gasteiger partial charge in [-0.1, -0.05) is 0 Å². The molecular formula is C8H14F3N3. The van der Waals surface area contributed by atoms with Gasteiger partial charge in [-0.25, -0.2) is 0 Å². The predicted octanol–water partition coefficient (Wildman–Crippen LogP) is 1.22. The molecule has 1 atom stereocenters. The van der Waals surface area contributed by atoms with Crippen molar-refractivity contribution >= 4 is 5.96 Å². The number of nitrogens with zero attached hydrogens (tertiary/aromatic N) is 2. The maximum Gasteiger partial charge on any atom is 0.391 e. The highest BCUT2D eigenvalue weighted by Gasteiger charge is 2.30. The van der Waals surface area contributed by atoms with Crippen molar-refractivity contribution in [1.29, 1.82) is 0 Å². The molecule has 0 spiro atoms. The summed E-state index contributed by atoms with van der Waals surface area (Å²) < 4.78 is 36.0. The van der Waals surface area contributed by atoms with Crippen LogP contribution in [-0.2, 0) is 0 Å². The van der Waals surface area contributed by atoms with Gasteiger partial charge in [0.15, 0.2) is 5.96 Å². The molecule has 1 N–H and O–H groups in total. The highest BCUT2D eigenvalue weighted by atomic mass is 19.4. The molecule has 1 unspecified atom stereocenters. The monoisotopic (exact) mass is 209 g/mol. The Morgan fingerprint density at radius 1 is 1.57 bits per heavy atom. The molecule has 1 rings (SSSR count). The molecule has 0 amide bonds. The Morgan fingerprint density at radius 3 is 2.64 bits per heavy atom. The Hall–Kier alpha value is -0.940. The van der Waals surface area contributed by atoms with Crippen molar-refractivity contribution in [1.82, 2.24) is 10.2 Å². The molecule has 0 aromatic heterocycles. The lowest BCUT2D eigenvalue weighted by atomic mass is 10.2. The van der Waals surface area contributed by atoms with E-state index >= 15 is 0 Å². The van der Waals surface area contributed by atoms with E-state index in [0.29, 0.717) is 12.5 Å². The summed E-state index contributed by atoms with van der Waals surface area (Å²) in [6, 6.07) is -0.630. The summed E-state index contributed by atoms with van der Waals surface area (Å²) in [5.41, 5.74) is 0. The second kappa shape index (κ2) is 4.06. The van der Waals surface area contributed by atoms with E-state index in [0.717, 1.165) is 6.54 Å². The average Bonchev–Trinajstić information content (AvgIpc) is 2.32. The maximum atomic E-state index is 12.0. The minimum absolute atomic E-state index is 0.557. The number of alkyl halides is 3. The first-order chi connectivity index (χ1) is 6.38. The molecule has 1 aliphatic heterocycles. The lowest BCUT2D eigenvalue weighted by Gasteiger charge is -2.21. The molecule has 82 valence electrons. The minimum atomic E-state index is -4.12. The van der Waals surface area contributed by atoms with Gasteiger partial charge in [0, 0.05) is 19.6 Å². The van der Waals surface area contributed by atoms with Gasteiger partial charge < -0.3 is 10.2 Å². The van der Waals surface area contributed by atoms with Crippen LogP contribution in [0, 0.1) is 0 Å². The number of guanidine groups is 1. The Kier molecular flexibility index (Phi) is 3.23. The molecule has 1 aliphatic rings. The molecule has 0 fully saturated rings. The number of hydrogen-bond acceptors (Lipinski definition) is 3. The van der Waals surface area contributed by atoms with E-state index in [4.69, 9.17) is 0 Å². The number of likely N-dealkylation sites (N-methyl/N-ethyl adjacent to an activating group) is 1. The summed E-state index contributed by atoms with van der Waals surface area (Å²) in [4.78, 5) is 5.86. The van der Waals surface area contributed by atoms with Crippen LogP contribution < -0.4 is 5.32 Å². The van der Waals surface area contributed by atoms with E-state index in [-0.39, 0.29) is 0 Å². The van der Waals surface area contributed by atoms with E-state index in [1.165, 1.54) is 6.92 Å². The van der Waals surface area contributed by atoms with Crippen LogP contribution in [0.2, 0.25) is 0 Å². The lowest BCUT2D eigenvalue weighted by molar-refractivity contribution is -0.138. The normalized spacial score (nSPS) is 19.5. The SMILES string of the molecule is CC(CC(F)(F)F)NC1=NCCN1C. The summed E-state index contributed by atoms with van der Waals surface area (Å²) >= 11 is 0.